The molecule has 0 fully saturated rings. The van der Waals surface area contributed by atoms with Crippen molar-refractivity contribution in [1.82, 2.24) is 0 Å². The summed E-state index contributed by atoms with van der Waals surface area (Å²) in [5, 5.41) is 17.5. The first-order chi connectivity index (χ1) is 3.55. The van der Waals surface area contributed by atoms with Crippen LogP contribution < -0.4 is 0 Å². The van der Waals surface area contributed by atoms with Crippen molar-refractivity contribution >= 4 is 15.9 Å². The highest BCUT2D eigenvalue weighted by molar-refractivity contribution is 9.11. The summed E-state index contributed by atoms with van der Waals surface area (Å²) in [6.07, 6.45) is -1.60. The van der Waals surface area contributed by atoms with Crippen molar-refractivity contribution in [2.75, 3.05) is 0 Å². The summed E-state index contributed by atoms with van der Waals surface area (Å²) in [6.45, 7) is 4.88. The molecule has 2 N–H and O–H groups in total. The van der Waals surface area contributed by atoms with E-state index >= 15 is 0 Å². The topological polar surface area (TPSA) is 40.5 Å². The van der Waals surface area contributed by atoms with Gasteiger partial charge in [-0.15, -0.1) is 0 Å². The molecular weight excluding hydrogens is 172 g/mol. The summed E-state index contributed by atoms with van der Waals surface area (Å²) in [6, 6.07) is 0. The van der Waals surface area contributed by atoms with Gasteiger partial charge in [-0.05, 0) is 6.92 Å². The van der Waals surface area contributed by atoms with Gasteiger partial charge in [0.05, 0.1) is 6.10 Å². The van der Waals surface area contributed by atoms with Crippen molar-refractivity contribution in [2.24, 2.45) is 0 Å². The molecule has 0 rings (SSSR count). The lowest BCUT2D eigenvalue weighted by Crippen LogP contribution is -2.21. The maximum absolute atomic E-state index is 8.81. The van der Waals surface area contributed by atoms with Gasteiger partial charge in [-0.1, -0.05) is 22.5 Å². The molecule has 0 spiro atoms. The van der Waals surface area contributed by atoms with E-state index in [9.17, 15) is 0 Å². The minimum absolute atomic E-state index is 0.410. The van der Waals surface area contributed by atoms with Crippen molar-refractivity contribution in [3.05, 3.63) is 11.1 Å². The van der Waals surface area contributed by atoms with Crippen LogP contribution in [0.15, 0.2) is 11.1 Å². The van der Waals surface area contributed by atoms with Gasteiger partial charge in [-0.25, -0.2) is 0 Å². The van der Waals surface area contributed by atoms with E-state index in [1.807, 2.05) is 0 Å². The molecule has 0 aromatic heterocycles. The van der Waals surface area contributed by atoms with Gasteiger partial charge in [0, 0.05) is 4.48 Å². The van der Waals surface area contributed by atoms with Crippen molar-refractivity contribution in [2.45, 2.75) is 19.1 Å². The van der Waals surface area contributed by atoms with Crippen LogP contribution in [-0.2, 0) is 0 Å². The Kier molecular flexibility index (Phi) is 3.28. The van der Waals surface area contributed by atoms with E-state index in [1.165, 1.54) is 6.92 Å². The second-order valence-corrected chi connectivity index (χ2v) is 2.65. The molecule has 0 saturated heterocycles. The largest absolute Gasteiger partial charge is 0.390 e. The third-order valence-electron chi connectivity index (χ3n) is 0.778. The van der Waals surface area contributed by atoms with Gasteiger partial charge in [-0.2, -0.15) is 0 Å². The number of halogens is 1. The van der Waals surface area contributed by atoms with Gasteiger partial charge >= 0.3 is 0 Å². The molecule has 0 aliphatic carbocycles. The van der Waals surface area contributed by atoms with Crippen LogP contribution in [0.3, 0.4) is 0 Å². The van der Waals surface area contributed by atoms with Crippen LogP contribution in [0.25, 0.3) is 0 Å². The predicted molar refractivity (Wildman–Crippen MR) is 35.8 cm³/mol. The van der Waals surface area contributed by atoms with Crippen molar-refractivity contribution < 1.29 is 10.2 Å². The molecule has 0 amide bonds. The zero-order valence-electron chi connectivity index (χ0n) is 4.63. The highest BCUT2D eigenvalue weighted by Gasteiger charge is 2.10. The number of aliphatic hydroxyl groups is 2. The second kappa shape index (κ2) is 3.22. The first kappa shape index (κ1) is 8.14. The van der Waals surface area contributed by atoms with Gasteiger partial charge in [0.1, 0.15) is 6.10 Å². The fourth-order valence-corrected chi connectivity index (χ4v) is 0.644. The molecule has 0 heterocycles. The normalized spacial score (nSPS) is 17.5. The van der Waals surface area contributed by atoms with Gasteiger partial charge in [-0.3, -0.25) is 0 Å². The average Bonchev–Trinajstić information content (AvgIpc) is 1.64. The predicted octanol–water partition coefficient (Wildman–Crippen LogP) is 0.637. The van der Waals surface area contributed by atoms with Crippen LogP contribution in [0.1, 0.15) is 6.92 Å². The van der Waals surface area contributed by atoms with Crippen LogP contribution in [-0.4, -0.2) is 22.4 Å². The third-order valence-corrected chi connectivity index (χ3v) is 1.25. The molecule has 2 atom stereocenters. The quantitative estimate of drug-likeness (QED) is 0.656. The Labute approximate surface area is 57.0 Å². The minimum atomic E-state index is -0.852. The summed E-state index contributed by atoms with van der Waals surface area (Å²) in [7, 11) is 0. The zero-order valence-corrected chi connectivity index (χ0v) is 6.22. The summed E-state index contributed by atoms with van der Waals surface area (Å²) in [5.41, 5.74) is 0. The van der Waals surface area contributed by atoms with Crippen molar-refractivity contribution in [3.63, 3.8) is 0 Å². The third kappa shape index (κ3) is 2.45. The fraction of sp³-hybridized carbons (Fsp3) is 0.600. The smallest absolute Gasteiger partial charge is 0.110 e. The van der Waals surface area contributed by atoms with E-state index < -0.39 is 12.2 Å². The SMILES string of the molecule is C=C(Br)[C@@H](O)[C@H](C)O. The monoisotopic (exact) mass is 180 g/mol. The highest BCUT2D eigenvalue weighted by Crippen LogP contribution is 2.09. The summed E-state index contributed by atoms with van der Waals surface area (Å²) < 4.78 is 0.410. The molecule has 0 radical (unpaired) electrons. The Morgan fingerprint density at radius 3 is 2.00 bits per heavy atom. The number of hydrogen-bond donors (Lipinski definition) is 2. The molecule has 0 unspecified atom stereocenters. The molecule has 0 aromatic rings. The van der Waals surface area contributed by atoms with Gasteiger partial charge < -0.3 is 10.2 Å². The van der Waals surface area contributed by atoms with E-state index in [2.05, 4.69) is 22.5 Å². The summed E-state index contributed by atoms with van der Waals surface area (Å²) in [5.74, 6) is 0. The zero-order chi connectivity index (χ0) is 6.73. The molecular formula is C5H9BrO2. The second-order valence-electron chi connectivity index (χ2n) is 1.63. The van der Waals surface area contributed by atoms with Crippen LogP contribution in [0, 0.1) is 0 Å². The Morgan fingerprint density at radius 2 is 2.00 bits per heavy atom. The lowest BCUT2D eigenvalue weighted by atomic mass is 10.2. The van der Waals surface area contributed by atoms with Crippen molar-refractivity contribution in [1.29, 1.82) is 0 Å². The minimum Gasteiger partial charge on any atom is -0.390 e. The molecule has 0 saturated carbocycles. The van der Waals surface area contributed by atoms with E-state index in [0.29, 0.717) is 4.48 Å². The highest BCUT2D eigenvalue weighted by atomic mass is 79.9. The number of hydrogen-bond acceptors (Lipinski definition) is 2. The molecule has 0 aliphatic rings. The molecule has 0 aromatic carbocycles. The van der Waals surface area contributed by atoms with Gasteiger partial charge in [0.15, 0.2) is 0 Å². The molecule has 2 nitrogen and oxygen atoms in total. The van der Waals surface area contributed by atoms with Gasteiger partial charge in [0.25, 0.3) is 0 Å². The molecule has 48 valence electrons. The lowest BCUT2D eigenvalue weighted by molar-refractivity contribution is 0.0604. The first-order valence-corrected chi connectivity index (χ1v) is 3.05. The van der Waals surface area contributed by atoms with Crippen LogP contribution in [0.5, 0.6) is 0 Å². The summed E-state index contributed by atoms with van der Waals surface area (Å²) in [4.78, 5) is 0. The first-order valence-electron chi connectivity index (χ1n) is 2.26. The van der Waals surface area contributed by atoms with E-state index in [4.69, 9.17) is 10.2 Å². The fourth-order valence-electron chi connectivity index (χ4n) is 0.262. The Bertz CT molecular complexity index is 90.4. The summed E-state index contributed by atoms with van der Waals surface area (Å²) >= 11 is 2.94. The number of rotatable bonds is 2. The van der Waals surface area contributed by atoms with E-state index in [1.54, 1.807) is 0 Å². The molecule has 8 heavy (non-hydrogen) atoms. The van der Waals surface area contributed by atoms with Crippen LogP contribution >= 0.6 is 15.9 Å². The Balaban J connectivity index is 3.64. The molecule has 0 aliphatic heterocycles. The maximum atomic E-state index is 8.81. The van der Waals surface area contributed by atoms with Crippen molar-refractivity contribution in [3.8, 4) is 0 Å². The van der Waals surface area contributed by atoms with E-state index in [-0.39, 0.29) is 0 Å². The Morgan fingerprint density at radius 1 is 1.62 bits per heavy atom. The standard InChI is InChI=1S/C5H9BrO2/c1-3(6)5(8)4(2)7/h4-5,7-8H,1H2,2H3/t4-,5+/m0/s1. The van der Waals surface area contributed by atoms with Crippen LogP contribution in [0.2, 0.25) is 0 Å². The molecule has 0 bridgehead atoms. The average molecular weight is 181 g/mol. The number of aliphatic hydroxyl groups excluding tert-OH is 2. The van der Waals surface area contributed by atoms with Crippen LogP contribution in [0.4, 0.5) is 0 Å². The maximum Gasteiger partial charge on any atom is 0.110 e. The van der Waals surface area contributed by atoms with Gasteiger partial charge in [0.2, 0.25) is 0 Å². The van der Waals surface area contributed by atoms with E-state index in [0.717, 1.165) is 0 Å². The molecule has 3 heteroatoms. The lowest BCUT2D eigenvalue weighted by Gasteiger charge is -2.10. The Hall–Kier alpha value is 0.140.